The standard InChI is InChI=1S/C50H30N4/c1-2-9-39-36(7-1)28-44(41-11-4-3-10-40(39)41)47-24-21-37-27-34(20-23-46(37)53-47)35-18-17-33-19-22-45(54-48(33)30-35)32-15-13-31(14-16-32)43-29-38-8-5-25-51-49(38)50-42(43)12-6-26-52-50/h1-30H. The summed E-state index contributed by atoms with van der Waals surface area (Å²) in [6.07, 6.45) is 3.66. The van der Waals surface area contributed by atoms with Crippen molar-refractivity contribution in [1.29, 1.82) is 0 Å². The highest BCUT2D eigenvalue weighted by Crippen LogP contribution is 2.37. The van der Waals surface area contributed by atoms with Gasteiger partial charge in [0.1, 0.15) is 0 Å². The summed E-state index contributed by atoms with van der Waals surface area (Å²) in [6.45, 7) is 0. The van der Waals surface area contributed by atoms with E-state index in [2.05, 4.69) is 168 Å². The Hall–Kier alpha value is -7.30. The Balaban J connectivity index is 0.923. The Morgan fingerprint density at radius 3 is 1.81 bits per heavy atom. The normalized spacial score (nSPS) is 11.7. The van der Waals surface area contributed by atoms with Gasteiger partial charge in [-0.05, 0) is 98.4 Å². The van der Waals surface area contributed by atoms with Crippen LogP contribution in [0.1, 0.15) is 0 Å². The highest BCUT2D eigenvalue weighted by atomic mass is 14.7. The maximum atomic E-state index is 5.17. The van der Waals surface area contributed by atoms with E-state index in [0.29, 0.717) is 0 Å². The van der Waals surface area contributed by atoms with Crippen molar-refractivity contribution < 1.29 is 0 Å². The Kier molecular flexibility index (Phi) is 6.82. The number of hydrogen-bond acceptors (Lipinski definition) is 4. The maximum Gasteiger partial charge on any atom is 0.0970 e. The van der Waals surface area contributed by atoms with E-state index in [9.17, 15) is 0 Å². The largest absolute Gasteiger partial charge is 0.254 e. The van der Waals surface area contributed by atoms with Gasteiger partial charge in [-0.25, -0.2) is 9.97 Å². The molecule has 0 unspecified atom stereocenters. The molecule has 0 fully saturated rings. The number of fused-ring (bicyclic) bond motifs is 8. The molecule has 0 saturated heterocycles. The summed E-state index contributed by atoms with van der Waals surface area (Å²) >= 11 is 0. The predicted molar refractivity (Wildman–Crippen MR) is 224 cm³/mol. The minimum Gasteiger partial charge on any atom is -0.254 e. The Labute approximate surface area is 311 Å². The van der Waals surface area contributed by atoms with Gasteiger partial charge >= 0.3 is 0 Å². The van der Waals surface area contributed by atoms with Crippen LogP contribution in [0.25, 0.3) is 110 Å². The topological polar surface area (TPSA) is 51.6 Å². The van der Waals surface area contributed by atoms with Crippen molar-refractivity contribution in [1.82, 2.24) is 19.9 Å². The molecule has 0 amide bonds. The molecule has 11 rings (SSSR count). The molecule has 0 aliphatic carbocycles. The number of hydrogen-bond donors (Lipinski definition) is 0. The summed E-state index contributed by atoms with van der Waals surface area (Å²) in [5.74, 6) is 0. The molecule has 250 valence electrons. The number of benzene rings is 7. The van der Waals surface area contributed by atoms with Gasteiger partial charge in [-0.1, -0.05) is 115 Å². The van der Waals surface area contributed by atoms with Crippen molar-refractivity contribution in [2.45, 2.75) is 0 Å². The van der Waals surface area contributed by atoms with Crippen molar-refractivity contribution in [3.05, 3.63) is 182 Å². The van der Waals surface area contributed by atoms with E-state index in [4.69, 9.17) is 9.97 Å². The molecule has 4 heterocycles. The second-order valence-corrected chi connectivity index (χ2v) is 13.9. The molecule has 0 atom stereocenters. The van der Waals surface area contributed by atoms with Crippen LogP contribution in [0, 0.1) is 0 Å². The SMILES string of the molecule is c1ccc2c(c1)cc(-c1ccc3cc(-c4ccc5ccc(-c6ccc(-c7cc8cccnc8c8ncccc78)cc6)nc5c4)ccc3n1)c1ccccc12. The van der Waals surface area contributed by atoms with E-state index in [1.807, 2.05) is 24.5 Å². The van der Waals surface area contributed by atoms with Gasteiger partial charge in [0.15, 0.2) is 0 Å². The van der Waals surface area contributed by atoms with Crippen LogP contribution in [-0.4, -0.2) is 19.9 Å². The maximum absolute atomic E-state index is 5.17. The number of rotatable bonds is 4. The Morgan fingerprint density at radius 2 is 0.907 bits per heavy atom. The third-order valence-corrected chi connectivity index (χ3v) is 10.7. The molecule has 11 aromatic rings. The Bertz CT molecular complexity index is 3280. The molecule has 0 saturated carbocycles. The average molecular weight is 687 g/mol. The minimum atomic E-state index is 0.920. The second-order valence-electron chi connectivity index (χ2n) is 13.9. The lowest BCUT2D eigenvalue weighted by molar-refractivity contribution is 1.37. The fourth-order valence-electron chi connectivity index (χ4n) is 8.01. The van der Waals surface area contributed by atoms with Gasteiger partial charge in [0, 0.05) is 45.1 Å². The molecular formula is C50H30N4. The molecule has 0 aliphatic rings. The first-order valence-corrected chi connectivity index (χ1v) is 18.2. The first-order valence-electron chi connectivity index (χ1n) is 18.2. The zero-order chi connectivity index (χ0) is 35.6. The van der Waals surface area contributed by atoms with Crippen LogP contribution in [0.5, 0.6) is 0 Å². The third-order valence-electron chi connectivity index (χ3n) is 10.7. The van der Waals surface area contributed by atoms with Crippen LogP contribution in [0.3, 0.4) is 0 Å². The van der Waals surface area contributed by atoms with Crippen LogP contribution in [0.15, 0.2) is 182 Å². The van der Waals surface area contributed by atoms with Crippen LogP contribution in [0.4, 0.5) is 0 Å². The molecule has 4 nitrogen and oxygen atoms in total. The molecule has 0 radical (unpaired) electrons. The zero-order valence-electron chi connectivity index (χ0n) is 29.1. The fourth-order valence-corrected chi connectivity index (χ4v) is 8.01. The molecule has 0 bridgehead atoms. The van der Waals surface area contributed by atoms with Crippen molar-refractivity contribution in [3.63, 3.8) is 0 Å². The monoisotopic (exact) mass is 686 g/mol. The van der Waals surface area contributed by atoms with E-state index < -0.39 is 0 Å². The van der Waals surface area contributed by atoms with Crippen LogP contribution < -0.4 is 0 Å². The molecule has 4 aromatic heterocycles. The molecular weight excluding hydrogens is 657 g/mol. The summed E-state index contributed by atoms with van der Waals surface area (Å²) in [6, 6.07) is 60.2. The lowest BCUT2D eigenvalue weighted by Crippen LogP contribution is -1.90. The highest BCUT2D eigenvalue weighted by molar-refractivity contribution is 6.14. The third kappa shape index (κ3) is 5.00. The summed E-state index contributed by atoms with van der Waals surface area (Å²) in [5, 5.41) is 9.34. The molecule has 0 N–H and O–H groups in total. The van der Waals surface area contributed by atoms with Crippen molar-refractivity contribution in [3.8, 4) is 44.8 Å². The van der Waals surface area contributed by atoms with Gasteiger partial charge in [-0.3, -0.25) is 9.97 Å². The van der Waals surface area contributed by atoms with Crippen molar-refractivity contribution >= 4 is 65.2 Å². The zero-order valence-corrected chi connectivity index (χ0v) is 29.1. The van der Waals surface area contributed by atoms with E-state index in [-0.39, 0.29) is 0 Å². The lowest BCUT2D eigenvalue weighted by atomic mass is 9.95. The summed E-state index contributed by atoms with van der Waals surface area (Å²) < 4.78 is 0. The van der Waals surface area contributed by atoms with E-state index in [1.165, 1.54) is 21.5 Å². The Morgan fingerprint density at radius 1 is 0.296 bits per heavy atom. The van der Waals surface area contributed by atoms with Gasteiger partial charge in [-0.15, -0.1) is 0 Å². The van der Waals surface area contributed by atoms with Gasteiger partial charge in [-0.2, -0.15) is 0 Å². The summed E-state index contributed by atoms with van der Waals surface area (Å²) in [7, 11) is 0. The van der Waals surface area contributed by atoms with Crippen LogP contribution in [0.2, 0.25) is 0 Å². The number of aromatic nitrogens is 4. The smallest absolute Gasteiger partial charge is 0.0970 e. The van der Waals surface area contributed by atoms with Gasteiger partial charge in [0.25, 0.3) is 0 Å². The minimum absolute atomic E-state index is 0.920. The highest BCUT2D eigenvalue weighted by Gasteiger charge is 2.13. The van der Waals surface area contributed by atoms with Gasteiger partial charge < -0.3 is 0 Å². The fraction of sp³-hybridized carbons (Fsp3) is 0. The first kappa shape index (κ1) is 30.3. The molecule has 4 heteroatoms. The van der Waals surface area contributed by atoms with Crippen LogP contribution in [-0.2, 0) is 0 Å². The first-order chi connectivity index (χ1) is 26.7. The van der Waals surface area contributed by atoms with Gasteiger partial charge in [0.2, 0.25) is 0 Å². The number of pyridine rings is 4. The molecule has 0 spiro atoms. The van der Waals surface area contributed by atoms with Gasteiger partial charge in [0.05, 0.1) is 33.5 Å². The summed E-state index contributed by atoms with van der Waals surface area (Å²) in [4.78, 5) is 19.6. The molecule has 0 aliphatic heterocycles. The van der Waals surface area contributed by atoms with Crippen molar-refractivity contribution in [2.75, 3.05) is 0 Å². The predicted octanol–water partition coefficient (Wildman–Crippen LogP) is 12.9. The second kappa shape index (κ2) is 12.1. The number of nitrogens with zero attached hydrogens (tertiary/aromatic N) is 4. The van der Waals surface area contributed by atoms with Crippen LogP contribution >= 0.6 is 0 Å². The average Bonchev–Trinajstić information content (AvgIpc) is 3.25. The quantitative estimate of drug-likeness (QED) is 0.173. The van der Waals surface area contributed by atoms with E-state index >= 15 is 0 Å². The van der Waals surface area contributed by atoms with E-state index in [1.54, 1.807) is 0 Å². The molecule has 54 heavy (non-hydrogen) atoms. The van der Waals surface area contributed by atoms with E-state index in [0.717, 1.165) is 88.4 Å². The lowest BCUT2D eigenvalue weighted by Gasteiger charge is -2.12. The van der Waals surface area contributed by atoms with Crippen molar-refractivity contribution in [2.24, 2.45) is 0 Å². The molecule has 7 aromatic carbocycles. The summed E-state index contributed by atoms with van der Waals surface area (Å²) in [5.41, 5.74) is 12.5.